The molecule has 5 heteroatoms. The Labute approximate surface area is 126 Å². The number of benzene rings is 1. The molecule has 0 saturated carbocycles. The van der Waals surface area contributed by atoms with Gasteiger partial charge in [0.05, 0.1) is 6.04 Å². The van der Waals surface area contributed by atoms with Crippen molar-refractivity contribution in [2.24, 2.45) is 0 Å². The van der Waals surface area contributed by atoms with E-state index in [1.165, 1.54) is 0 Å². The zero-order valence-electron chi connectivity index (χ0n) is 12.4. The first kappa shape index (κ1) is 16.8. The third kappa shape index (κ3) is 5.39. The van der Waals surface area contributed by atoms with E-state index in [-0.39, 0.29) is 12.1 Å². The van der Waals surface area contributed by atoms with Gasteiger partial charge in [-0.05, 0) is 38.0 Å². The summed E-state index contributed by atoms with van der Waals surface area (Å²) in [6, 6.07) is 7.46. The molecule has 1 aromatic rings. The van der Waals surface area contributed by atoms with Crippen LogP contribution in [0.5, 0.6) is 0 Å². The van der Waals surface area contributed by atoms with Crippen molar-refractivity contribution in [3.05, 3.63) is 34.9 Å². The van der Waals surface area contributed by atoms with E-state index in [1.54, 1.807) is 11.9 Å². The molecule has 112 valence electrons. The summed E-state index contributed by atoms with van der Waals surface area (Å²) in [7, 11) is 1.79. The second-order valence-corrected chi connectivity index (χ2v) is 5.06. The molecule has 1 unspecified atom stereocenters. The van der Waals surface area contributed by atoms with E-state index in [0.717, 1.165) is 12.0 Å². The largest absolute Gasteiger partial charge is 0.382 e. The molecule has 0 aliphatic carbocycles. The minimum atomic E-state index is -0.0797. The van der Waals surface area contributed by atoms with E-state index in [2.05, 4.69) is 5.32 Å². The molecular weight excluding hydrogens is 276 g/mol. The number of carbonyl (C=O) groups excluding carboxylic acids is 1. The summed E-state index contributed by atoms with van der Waals surface area (Å²) >= 11 is 5.86. The summed E-state index contributed by atoms with van der Waals surface area (Å²) in [5.74, 6) is 0. The molecule has 0 saturated heterocycles. The van der Waals surface area contributed by atoms with Crippen molar-refractivity contribution in [2.45, 2.75) is 26.3 Å². The Hall–Kier alpha value is -1.26. The number of amides is 2. The maximum atomic E-state index is 12.0. The monoisotopic (exact) mass is 298 g/mol. The third-order valence-electron chi connectivity index (χ3n) is 3.20. The van der Waals surface area contributed by atoms with Crippen molar-refractivity contribution in [3.63, 3.8) is 0 Å². The molecule has 1 aromatic carbocycles. The SMILES string of the molecule is CCOCCCNC(=O)N(C)C(C)c1ccc(Cl)cc1. The van der Waals surface area contributed by atoms with Gasteiger partial charge < -0.3 is 15.0 Å². The lowest BCUT2D eigenvalue weighted by atomic mass is 10.1. The summed E-state index contributed by atoms with van der Waals surface area (Å²) in [4.78, 5) is 13.7. The predicted octanol–water partition coefficient (Wildman–Crippen LogP) is 3.47. The van der Waals surface area contributed by atoms with Crippen molar-refractivity contribution in [2.75, 3.05) is 26.8 Å². The third-order valence-corrected chi connectivity index (χ3v) is 3.45. The van der Waals surface area contributed by atoms with Crippen molar-refractivity contribution in [1.82, 2.24) is 10.2 Å². The topological polar surface area (TPSA) is 41.6 Å². The van der Waals surface area contributed by atoms with Gasteiger partial charge in [-0.15, -0.1) is 0 Å². The molecule has 0 fully saturated rings. The van der Waals surface area contributed by atoms with Crippen LogP contribution in [0, 0.1) is 0 Å². The van der Waals surface area contributed by atoms with Crippen molar-refractivity contribution >= 4 is 17.6 Å². The highest BCUT2D eigenvalue weighted by atomic mass is 35.5. The minimum Gasteiger partial charge on any atom is -0.382 e. The molecule has 0 heterocycles. The number of hydrogen-bond donors (Lipinski definition) is 1. The second kappa shape index (κ2) is 8.82. The molecule has 0 spiro atoms. The quantitative estimate of drug-likeness (QED) is 0.783. The highest BCUT2D eigenvalue weighted by molar-refractivity contribution is 6.30. The maximum absolute atomic E-state index is 12.0. The van der Waals surface area contributed by atoms with Gasteiger partial charge in [-0.3, -0.25) is 0 Å². The second-order valence-electron chi connectivity index (χ2n) is 4.62. The smallest absolute Gasteiger partial charge is 0.317 e. The van der Waals surface area contributed by atoms with E-state index in [4.69, 9.17) is 16.3 Å². The lowest BCUT2D eigenvalue weighted by Crippen LogP contribution is -2.39. The number of rotatable bonds is 7. The van der Waals surface area contributed by atoms with Crippen LogP contribution in [0.25, 0.3) is 0 Å². The maximum Gasteiger partial charge on any atom is 0.317 e. The van der Waals surface area contributed by atoms with Crippen LogP contribution in [0.1, 0.15) is 31.9 Å². The summed E-state index contributed by atoms with van der Waals surface area (Å²) in [6.45, 7) is 5.95. The first-order chi connectivity index (χ1) is 9.56. The average molecular weight is 299 g/mol. The predicted molar refractivity (Wildman–Crippen MR) is 82.1 cm³/mol. The number of nitrogens with zero attached hydrogens (tertiary/aromatic N) is 1. The van der Waals surface area contributed by atoms with Crippen LogP contribution in [0.15, 0.2) is 24.3 Å². The molecule has 4 nitrogen and oxygen atoms in total. The summed E-state index contributed by atoms with van der Waals surface area (Å²) in [5.41, 5.74) is 1.06. The van der Waals surface area contributed by atoms with Gasteiger partial charge in [-0.2, -0.15) is 0 Å². The van der Waals surface area contributed by atoms with Gasteiger partial charge in [-0.25, -0.2) is 4.79 Å². The summed E-state index contributed by atoms with van der Waals surface area (Å²) < 4.78 is 5.23. The van der Waals surface area contributed by atoms with Crippen LogP contribution in [-0.4, -0.2) is 37.7 Å². The molecule has 0 aliphatic heterocycles. The van der Waals surface area contributed by atoms with Crippen LogP contribution in [0.3, 0.4) is 0 Å². The Balaban J connectivity index is 2.41. The minimum absolute atomic E-state index is 0.000779. The van der Waals surface area contributed by atoms with E-state index >= 15 is 0 Å². The number of carbonyl (C=O) groups is 1. The molecule has 2 amide bonds. The molecule has 0 aromatic heterocycles. The van der Waals surface area contributed by atoms with Crippen LogP contribution >= 0.6 is 11.6 Å². The lowest BCUT2D eigenvalue weighted by Gasteiger charge is -2.25. The molecule has 1 atom stereocenters. The van der Waals surface area contributed by atoms with Gasteiger partial charge in [-0.1, -0.05) is 23.7 Å². The van der Waals surface area contributed by atoms with E-state index in [0.29, 0.717) is 24.8 Å². The Kier molecular flexibility index (Phi) is 7.41. The first-order valence-electron chi connectivity index (χ1n) is 6.90. The Bertz CT molecular complexity index is 409. The molecule has 0 bridgehead atoms. The van der Waals surface area contributed by atoms with Crippen LogP contribution in [-0.2, 0) is 4.74 Å². The Morgan fingerprint density at radius 1 is 1.40 bits per heavy atom. The zero-order chi connectivity index (χ0) is 15.0. The van der Waals surface area contributed by atoms with Gasteiger partial charge in [0.15, 0.2) is 0 Å². The Morgan fingerprint density at radius 2 is 2.05 bits per heavy atom. The highest BCUT2D eigenvalue weighted by Crippen LogP contribution is 2.20. The Morgan fingerprint density at radius 3 is 2.65 bits per heavy atom. The molecule has 20 heavy (non-hydrogen) atoms. The highest BCUT2D eigenvalue weighted by Gasteiger charge is 2.16. The number of nitrogens with one attached hydrogen (secondary N) is 1. The lowest BCUT2D eigenvalue weighted by molar-refractivity contribution is 0.143. The normalized spacial score (nSPS) is 12.0. The number of halogens is 1. The summed E-state index contributed by atoms with van der Waals surface area (Å²) in [5, 5.41) is 3.58. The fraction of sp³-hybridized carbons (Fsp3) is 0.533. The van der Waals surface area contributed by atoms with Gasteiger partial charge in [0.2, 0.25) is 0 Å². The van der Waals surface area contributed by atoms with Crippen LogP contribution < -0.4 is 5.32 Å². The number of ether oxygens (including phenoxy) is 1. The summed E-state index contributed by atoms with van der Waals surface area (Å²) in [6.07, 6.45) is 0.822. The average Bonchev–Trinajstić information content (AvgIpc) is 2.46. The molecular formula is C15H23ClN2O2. The van der Waals surface area contributed by atoms with Crippen molar-refractivity contribution in [3.8, 4) is 0 Å². The van der Waals surface area contributed by atoms with E-state index in [9.17, 15) is 4.79 Å². The van der Waals surface area contributed by atoms with Gasteiger partial charge >= 0.3 is 6.03 Å². The van der Waals surface area contributed by atoms with Gasteiger partial charge in [0.1, 0.15) is 0 Å². The van der Waals surface area contributed by atoms with Crippen molar-refractivity contribution in [1.29, 1.82) is 0 Å². The zero-order valence-corrected chi connectivity index (χ0v) is 13.1. The number of urea groups is 1. The van der Waals surface area contributed by atoms with Crippen LogP contribution in [0.2, 0.25) is 5.02 Å². The van der Waals surface area contributed by atoms with Crippen LogP contribution in [0.4, 0.5) is 4.79 Å². The van der Waals surface area contributed by atoms with E-state index in [1.807, 2.05) is 38.1 Å². The van der Waals surface area contributed by atoms with Crippen molar-refractivity contribution < 1.29 is 9.53 Å². The number of hydrogen-bond acceptors (Lipinski definition) is 2. The van der Waals surface area contributed by atoms with Gasteiger partial charge in [0, 0.05) is 31.8 Å². The molecule has 0 aliphatic rings. The fourth-order valence-electron chi connectivity index (χ4n) is 1.78. The molecule has 0 radical (unpaired) electrons. The molecule has 1 rings (SSSR count). The van der Waals surface area contributed by atoms with Gasteiger partial charge in [0.25, 0.3) is 0 Å². The first-order valence-corrected chi connectivity index (χ1v) is 7.28. The fourth-order valence-corrected chi connectivity index (χ4v) is 1.91. The molecule has 1 N–H and O–H groups in total. The standard InChI is InChI=1S/C15H23ClN2O2/c1-4-20-11-5-10-17-15(19)18(3)12(2)13-6-8-14(16)9-7-13/h6-9,12H,4-5,10-11H2,1-3H3,(H,17,19). The van der Waals surface area contributed by atoms with E-state index < -0.39 is 0 Å².